The number of hydrogen-bond acceptors (Lipinski definition) is 1. The number of hydrogen-bond donors (Lipinski definition) is 0. The van der Waals surface area contributed by atoms with Gasteiger partial charge in [-0.05, 0) is 17.3 Å². The van der Waals surface area contributed by atoms with Gasteiger partial charge >= 0.3 is 58.2 Å². The molecule has 0 N–H and O–H groups in total. The molecule has 0 aliphatic rings. The van der Waals surface area contributed by atoms with Crippen LogP contribution in [0.2, 0.25) is 0 Å². The Kier molecular flexibility index (Phi) is 22.1. The molecular weight excluding hydrogens is 416 g/mol. The molecule has 0 aromatic rings. The molecule has 0 aliphatic heterocycles. The quantitative estimate of drug-likeness (QED) is 0.456. The smallest absolute Gasteiger partial charge is 0.648 e. The monoisotopic (exact) mass is 469 g/mol. The first-order chi connectivity index (χ1) is 11.9. The molecule has 0 aromatic heterocycles. The van der Waals surface area contributed by atoms with Crippen LogP contribution in [0.3, 0.4) is 0 Å². The van der Waals surface area contributed by atoms with E-state index >= 15 is 0 Å². The summed E-state index contributed by atoms with van der Waals surface area (Å²) in [5.74, 6) is 0.0386. The summed E-state index contributed by atoms with van der Waals surface area (Å²) in [5.41, 5.74) is -0.345. The number of carbonyl (C=O) groups is 1. The first-order valence-electron chi connectivity index (χ1n) is 11.1. The standard InChI is InChI=1S/C17H35NO.C5H12.C3H8.Rb/c1-14(2,3)11-16(7,8)13(19)18-17(9,10)12-15(4,5)6;1-3-5-4-2;1-3-2;/h11-12H2,1-10H3,(H,18,19);3-5H2,1-2H3;3H2,1-2H3;/q;;;+1/p-1. The summed E-state index contributed by atoms with van der Waals surface area (Å²) in [5, 5.41) is 4.51. The molecule has 0 heterocycles. The maximum atomic E-state index is 12.5. The van der Waals surface area contributed by atoms with Crippen LogP contribution in [0.5, 0.6) is 0 Å². The molecule has 0 spiro atoms. The Balaban J connectivity index is -0.000000270. The average molecular weight is 470 g/mol. The van der Waals surface area contributed by atoms with E-state index in [0.717, 1.165) is 12.8 Å². The minimum atomic E-state index is -0.382. The fourth-order valence-electron chi connectivity index (χ4n) is 3.52. The van der Waals surface area contributed by atoms with Gasteiger partial charge in [-0.3, -0.25) is 0 Å². The Morgan fingerprint density at radius 2 is 1.00 bits per heavy atom. The van der Waals surface area contributed by atoms with Gasteiger partial charge in [0.1, 0.15) is 0 Å². The molecule has 28 heavy (non-hydrogen) atoms. The van der Waals surface area contributed by atoms with Crippen LogP contribution in [-0.2, 0) is 4.79 Å². The molecule has 0 rings (SSSR count). The summed E-state index contributed by atoms with van der Waals surface area (Å²) in [6, 6.07) is 0. The summed E-state index contributed by atoms with van der Waals surface area (Å²) in [4.78, 5) is 12.5. The minimum Gasteiger partial charge on any atom is -0.648 e. The van der Waals surface area contributed by atoms with E-state index in [1.165, 1.54) is 25.7 Å². The van der Waals surface area contributed by atoms with Crippen LogP contribution in [-0.4, -0.2) is 11.4 Å². The minimum absolute atomic E-state index is 0. The second-order valence-corrected chi connectivity index (χ2v) is 11.6. The van der Waals surface area contributed by atoms with Gasteiger partial charge in [-0.2, -0.15) is 0 Å². The van der Waals surface area contributed by atoms with Gasteiger partial charge in [-0.15, -0.1) is 5.54 Å². The van der Waals surface area contributed by atoms with Gasteiger partial charge < -0.3 is 10.1 Å². The van der Waals surface area contributed by atoms with Crippen molar-refractivity contribution in [3.05, 3.63) is 5.32 Å². The van der Waals surface area contributed by atoms with Gasteiger partial charge in [-0.1, -0.05) is 129 Å². The van der Waals surface area contributed by atoms with Crippen LogP contribution in [0.1, 0.15) is 135 Å². The van der Waals surface area contributed by atoms with E-state index < -0.39 is 0 Å². The fraction of sp³-hybridized carbons (Fsp3) is 0.960. The van der Waals surface area contributed by atoms with Crippen molar-refractivity contribution in [2.45, 2.75) is 141 Å². The molecule has 166 valence electrons. The zero-order valence-electron chi connectivity index (χ0n) is 22.6. The molecule has 0 saturated carbocycles. The summed E-state index contributed by atoms with van der Waals surface area (Å²) in [6.07, 6.45) is 7.10. The normalized spacial score (nSPS) is 11.9. The van der Waals surface area contributed by atoms with Crippen LogP contribution in [0.15, 0.2) is 0 Å². The van der Waals surface area contributed by atoms with E-state index in [0.29, 0.717) is 0 Å². The van der Waals surface area contributed by atoms with Crippen molar-refractivity contribution < 1.29 is 63.0 Å². The SMILES string of the molecule is CC(C)(C)CC(C)(C)[N-]C(=O)C(C)(C)CC(C)(C)C.CCC.CCCCC.[Rb+]. The van der Waals surface area contributed by atoms with Crippen molar-refractivity contribution in [2.75, 3.05) is 0 Å². The number of rotatable bonds is 6. The summed E-state index contributed by atoms with van der Waals surface area (Å²) in [7, 11) is 0. The second kappa shape index (κ2) is 16.9. The molecule has 0 saturated heterocycles. The molecule has 0 aliphatic carbocycles. The van der Waals surface area contributed by atoms with Crippen molar-refractivity contribution in [1.29, 1.82) is 0 Å². The molecule has 2 nitrogen and oxygen atoms in total. The topological polar surface area (TPSA) is 31.2 Å². The molecule has 0 aromatic carbocycles. The first-order valence-corrected chi connectivity index (χ1v) is 11.1. The molecule has 0 unspecified atom stereocenters. The third kappa shape index (κ3) is 27.3. The van der Waals surface area contributed by atoms with Crippen molar-refractivity contribution in [3.63, 3.8) is 0 Å². The van der Waals surface area contributed by atoms with E-state index in [-0.39, 0.29) is 85.9 Å². The average Bonchev–Trinajstić information content (AvgIpc) is 2.34. The number of carbonyl (C=O) groups excluding carboxylic acids is 1. The molecule has 0 fully saturated rings. The summed E-state index contributed by atoms with van der Waals surface area (Å²) in [6.45, 7) is 29.9. The van der Waals surface area contributed by atoms with Crippen LogP contribution < -0.4 is 58.2 Å². The van der Waals surface area contributed by atoms with E-state index in [9.17, 15) is 4.79 Å². The Hall–Kier alpha value is 1.28. The molecule has 1 amide bonds. The van der Waals surface area contributed by atoms with Crippen LogP contribution in [0.25, 0.3) is 5.32 Å². The summed E-state index contributed by atoms with van der Waals surface area (Å²) < 4.78 is 0. The predicted molar refractivity (Wildman–Crippen MR) is 126 cm³/mol. The molecule has 3 heteroatoms. The van der Waals surface area contributed by atoms with Crippen LogP contribution in [0, 0.1) is 16.2 Å². The van der Waals surface area contributed by atoms with E-state index in [2.05, 4.69) is 88.4 Å². The van der Waals surface area contributed by atoms with E-state index in [1.807, 2.05) is 13.8 Å². The Morgan fingerprint density at radius 3 is 1.21 bits per heavy atom. The molecular formula is C25H54NORb. The van der Waals surface area contributed by atoms with Gasteiger partial charge in [0.15, 0.2) is 0 Å². The van der Waals surface area contributed by atoms with Crippen molar-refractivity contribution >= 4 is 5.91 Å². The van der Waals surface area contributed by atoms with Crippen LogP contribution >= 0.6 is 0 Å². The van der Waals surface area contributed by atoms with Gasteiger partial charge in [0.05, 0.1) is 5.91 Å². The Labute approximate surface area is 229 Å². The van der Waals surface area contributed by atoms with Gasteiger partial charge in [-0.25, -0.2) is 0 Å². The molecule has 0 radical (unpaired) electrons. The van der Waals surface area contributed by atoms with Gasteiger partial charge in [0.2, 0.25) is 0 Å². The third-order valence-corrected chi connectivity index (χ3v) is 3.63. The van der Waals surface area contributed by atoms with Gasteiger partial charge in [0, 0.05) is 5.41 Å². The Morgan fingerprint density at radius 1 is 0.679 bits per heavy atom. The summed E-state index contributed by atoms with van der Waals surface area (Å²) >= 11 is 0. The van der Waals surface area contributed by atoms with Crippen molar-refractivity contribution in [2.24, 2.45) is 16.2 Å². The van der Waals surface area contributed by atoms with Gasteiger partial charge in [0.25, 0.3) is 0 Å². The fourth-order valence-corrected chi connectivity index (χ4v) is 3.52. The third-order valence-electron chi connectivity index (χ3n) is 3.63. The Bertz CT molecular complexity index is 371. The first kappa shape index (κ1) is 36.6. The van der Waals surface area contributed by atoms with Crippen molar-refractivity contribution in [3.8, 4) is 0 Å². The van der Waals surface area contributed by atoms with Crippen LogP contribution in [0.4, 0.5) is 0 Å². The number of unbranched alkanes of at least 4 members (excludes halogenated alkanes) is 2. The number of nitrogens with zero attached hydrogens (tertiary/aromatic N) is 1. The van der Waals surface area contributed by atoms with E-state index in [1.54, 1.807) is 0 Å². The zero-order chi connectivity index (χ0) is 22.5. The maximum absolute atomic E-state index is 12.5. The number of amides is 1. The predicted octanol–water partition coefficient (Wildman–Crippen LogP) is 6.18. The second-order valence-electron chi connectivity index (χ2n) is 11.6. The molecule has 0 bridgehead atoms. The zero-order valence-corrected chi connectivity index (χ0v) is 27.5. The van der Waals surface area contributed by atoms with E-state index in [4.69, 9.17) is 0 Å². The maximum Gasteiger partial charge on any atom is 1.00 e. The largest absolute Gasteiger partial charge is 1.00 e. The molecule has 0 atom stereocenters. The van der Waals surface area contributed by atoms with Crippen molar-refractivity contribution in [1.82, 2.24) is 0 Å².